The van der Waals surface area contributed by atoms with E-state index in [4.69, 9.17) is 19.4 Å². The molecular weight excluding hydrogens is 733 g/mol. The van der Waals surface area contributed by atoms with E-state index in [9.17, 15) is 0 Å². The van der Waals surface area contributed by atoms with Crippen LogP contribution in [0.4, 0.5) is 0 Å². The highest BCUT2D eigenvalue weighted by Gasteiger charge is 2.23. The van der Waals surface area contributed by atoms with Gasteiger partial charge in [-0.05, 0) is 75.5 Å². The third kappa shape index (κ3) is 5.59. The van der Waals surface area contributed by atoms with E-state index in [1.54, 1.807) is 0 Å². The summed E-state index contributed by atoms with van der Waals surface area (Å²) in [5, 5.41) is 6.78. The first-order chi connectivity index (χ1) is 29.7. The van der Waals surface area contributed by atoms with Gasteiger partial charge in [0, 0.05) is 27.3 Å². The van der Waals surface area contributed by atoms with Crippen molar-refractivity contribution in [1.82, 2.24) is 19.5 Å². The second kappa shape index (κ2) is 13.8. The molecule has 0 saturated heterocycles. The Balaban J connectivity index is 1.10. The van der Waals surface area contributed by atoms with Gasteiger partial charge < -0.3 is 8.98 Å². The molecule has 12 rings (SSSR count). The molecule has 0 bridgehead atoms. The number of aromatic nitrogens is 4. The van der Waals surface area contributed by atoms with Crippen LogP contribution in [-0.4, -0.2) is 19.5 Å². The minimum absolute atomic E-state index is 0.550. The van der Waals surface area contributed by atoms with Crippen molar-refractivity contribution in [2.24, 2.45) is 0 Å². The monoisotopic (exact) mass is 766 g/mol. The van der Waals surface area contributed by atoms with E-state index in [0.717, 1.165) is 55.3 Å². The minimum Gasteiger partial charge on any atom is -0.455 e. The molecular formula is C55H34N4O. The number of hydrogen-bond acceptors (Lipinski definition) is 4. The van der Waals surface area contributed by atoms with E-state index in [1.165, 1.54) is 43.8 Å². The van der Waals surface area contributed by atoms with Crippen LogP contribution in [0.25, 0.3) is 117 Å². The molecule has 0 radical (unpaired) electrons. The number of fused-ring (bicyclic) bond motifs is 7. The van der Waals surface area contributed by atoms with Crippen LogP contribution in [0.2, 0.25) is 0 Å². The molecule has 0 spiro atoms. The van der Waals surface area contributed by atoms with Crippen molar-refractivity contribution in [1.29, 1.82) is 0 Å². The molecule has 0 aliphatic carbocycles. The number of para-hydroxylation sites is 1. The number of furan rings is 1. The molecule has 3 heterocycles. The van der Waals surface area contributed by atoms with E-state index in [2.05, 4.69) is 138 Å². The summed E-state index contributed by atoms with van der Waals surface area (Å²) in [6.07, 6.45) is 0. The van der Waals surface area contributed by atoms with Gasteiger partial charge in [-0.25, -0.2) is 15.0 Å². The predicted molar refractivity (Wildman–Crippen MR) is 246 cm³/mol. The molecule has 5 nitrogen and oxygen atoms in total. The Morgan fingerprint density at radius 3 is 1.55 bits per heavy atom. The highest BCUT2D eigenvalue weighted by Crippen LogP contribution is 2.44. The Bertz CT molecular complexity index is 3520. The standard InChI is InChI=1S/C55H34N4O/c1-4-14-35(15-5-1)36-24-26-37(27-25-36)42-28-30-47-45(33-42)46-32-40-20-10-11-21-41(40)34-49(46)59(47)48-31-29-44(52-51(48)43-22-12-13-23-50(43)60-52)55-57-53(38-16-6-2-7-17-38)56-54(58-55)39-18-8-3-9-19-39/h1-34H. The average Bonchev–Trinajstić information content (AvgIpc) is 3.87. The van der Waals surface area contributed by atoms with Crippen molar-refractivity contribution in [2.75, 3.05) is 0 Å². The fourth-order valence-corrected chi connectivity index (χ4v) is 8.73. The molecule has 0 atom stereocenters. The highest BCUT2D eigenvalue weighted by atomic mass is 16.3. The topological polar surface area (TPSA) is 56.7 Å². The van der Waals surface area contributed by atoms with Crippen molar-refractivity contribution < 1.29 is 4.42 Å². The maximum atomic E-state index is 6.87. The smallest absolute Gasteiger partial charge is 0.167 e. The van der Waals surface area contributed by atoms with E-state index in [1.807, 2.05) is 72.8 Å². The predicted octanol–water partition coefficient (Wildman–Crippen LogP) is 14.4. The fraction of sp³-hybridized carbons (Fsp3) is 0. The van der Waals surface area contributed by atoms with Gasteiger partial charge in [0.2, 0.25) is 0 Å². The number of rotatable bonds is 6. The lowest BCUT2D eigenvalue weighted by Gasteiger charge is -2.13. The zero-order chi connectivity index (χ0) is 39.6. The molecule has 0 saturated carbocycles. The van der Waals surface area contributed by atoms with E-state index in [-0.39, 0.29) is 0 Å². The summed E-state index contributed by atoms with van der Waals surface area (Å²) in [7, 11) is 0. The molecule has 0 amide bonds. The maximum absolute atomic E-state index is 6.87. The van der Waals surface area contributed by atoms with Crippen LogP contribution < -0.4 is 0 Å². The lowest BCUT2D eigenvalue weighted by atomic mass is 9.99. The van der Waals surface area contributed by atoms with Gasteiger partial charge in [-0.2, -0.15) is 0 Å². The second-order valence-electron chi connectivity index (χ2n) is 15.2. The fourth-order valence-electron chi connectivity index (χ4n) is 8.73. The number of benzene rings is 9. The molecule has 0 aliphatic rings. The number of hydrogen-bond donors (Lipinski definition) is 0. The average molecular weight is 767 g/mol. The highest BCUT2D eigenvalue weighted by molar-refractivity contribution is 6.18. The van der Waals surface area contributed by atoms with Crippen molar-refractivity contribution >= 4 is 54.5 Å². The van der Waals surface area contributed by atoms with Crippen molar-refractivity contribution in [3.8, 4) is 62.1 Å². The van der Waals surface area contributed by atoms with Gasteiger partial charge in [-0.1, -0.05) is 164 Å². The van der Waals surface area contributed by atoms with Gasteiger partial charge in [-0.15, -0.1) is 0 Å². The van der Waals surface area contributed by atoms with Gasteiger partial charge in [0.15, 0.2) is 17.5 Å². The Labute approximate surface area is 345 Å². The van der Waals surface area contributed by atoms with Crippen LogP contribution in [0, 0.1) is 0 Å². The van der Waals surface area contributed by atoms with E-state index in [0.29, 0.717) is 17.5 Å². The number of nitrogens with zero attached hydrogens (tertiary/aromatic N) is 4. The summed E-state index contributed by atoms with van der Waals surface area (Å²) < 4.78 is 9.28. The molecule has 12 aromatic rings. The lowest BCUT2D eigenvalue weighted by Crippen LogP contribution is -2.01. The van der Waals surface area contributed by atoms with Crippen LogP contribution in [0.15, 0.2) is 211 Å². The molecule has 60 heavy (non-hydrogen) atoms. The summed E-state index contributed by atoms with van der Waals surface area (Å²) in [5.41, 5.74) is 12.2. The van der Waals surface area contributed by atoms with Crippen LogP contribution in [0.3, 0.4) is 0 Å². The molecule has 3 aromatic heterocycles. The lowest BCUT2D eigenvalue weighted by molar-refractivity contribution is 0.669. The van der Waals surface area contributed by atoms with Crippen molar-refractivity contribution in [3.63, 3.8) is 0 Å². The first kappa shape index (κ1) is 33.9. The molecule has 280 valence electrons. The molecule has 9 aromatic carbocycles. The van der Waals surface area contributed by atoms with Gasteiger partial charge in [0.25, 0.3) is 0 Å². The first-order valence-electron chi connectivity index (χ1n) is 20.2. The minimum atomic E-state index is 0.550. The normalized spacial score (nSPS) is 11.7. The molecule has 0 unspecified atom stereocenters. The second-order valence-corrected chi connectivity index (χ2v) is 15.2. The quantitative estimate of drug-likeness (QED) is 0.169. The van der Waals surface area contributed by atoms with Gasteiger partial charge in [0.1, 0.15) is 11.2 Å². The Hall–Kier alpha value is -8.15. The largest absolute Gasteiger partial charge is 0.455 e. The zero-order valence-electron chi connectivity index (χ0n) is 32.3. The van der Waals surface area contributed by atoms with Crippen LogP contribution in [0.1, 0.15) is 0 Å². The molecule has 0 N–H and O–H groups in total. The third-order valence-corrected chi connectivity index (χ3v) is 11.6. The molecule has 0 fully saturated rings. The Morgan fingerprint density at radius 2 is 0.867 bits per heavy atom. The van der Waals surface area contributed by atoms with Crippen molar-refractivity contribution in [2.45, 2.75) is 0 Å². The van der Waals surface area contributed by atoms with Crippen molar-refractivity contribution in [3.05, 3.63) is 206 Å². The summed E-state index contributed by atoms with van der Waals surface area (Å²) in [6.45, 7) is 0. The van der Waals surface area contributed by atoms with E-state index < -0.39 is 0 Å². The Morgan fingerprint density at radius 1 is 0.350 bits per heavy atom. The van der Waals surface area contributed by atoms with E-state index >= 15 is 0 Å². The van der Waals surface area contributed by atoms with Gasteiger partial charge in [-0.3, -0.25) is 0 Å². The first-order valence-corrected chi connectivity index (χ1v) is 20.2. The summed E-state index contributed by atoms with van der Waals surface area (Å²) in [5.74, 6) is 1.76. The molecule has 5 heteroatoms. The summed E-state index contributed by atoms with van der Waals surface area (Å²) in [4.78, 5) is 15.2. The van der Waals surface area contributed by atoms with Gasteiger partial charge in [0.05, 0.1) is 27.7 Å². The summed E-state index contributed by atoms with van der Waals surface area (Å²) in [6, 6.07) is 72.3. The summed E-state index contributed by atoms with van der Waals surface area (Å²) >= 11 is 0. The van der Waals surface area contributed by atoms with Crippen LogP contribution >= 0.6 is 0 Å². The Kier molecular flexibility index (Phi) is 7.78. The SMILES string of the molecule is c1ccc(-c2ccc(-c3ccc4c(c3)c3cc5ccccc5cc3n4-c3ccc(-c4nc(-c5ccccc5)nc(-c5ccccc5)n4)c4oc5ccccc5c34)cc2)cc1. The zero-order valence-corrected chi connectivity index (χ0v) is 32.3. The molecule has 0 aliphatic heterocycles. The van der Waals surface area contributed by atoms with Crippen LogP contribution in [0.5, 0.6) is 0 Å². The third-order valence-electron chi connectivity index (χ3n) is 11.6. The maximum Gasteiger partial charge on any atom is 0.167 e. The van der Waals surface area contributed by atoms with Gasteiger partial charge >= 0.3 is 0 Å². The van der Waals surface area contributed by atoms with Crippen LogP contribution in [-0.2, 0) is 0 Å².